The van der Waals surface area contributed by atoms with Crippen LogP contribution in [0, 0.1) is 5.92 Å². The lowest BCUT2D eigenvalue weighted by atomic mass is 9.99. The fourth-order valence-corrected chi connectivity index (χ4v) is 2.47. The van der Waals surface area contributed by atoms with Gasteiger partial charge in [-0.15, -0.1) is 0 Å². The van der Waals surface area contributed by atoms with Crippen LogP contribution in [0.4, 0.5) is 0 Å². The number of nitrogens with two attached hydrogens (primary N) is 1. The van der Waals surface area contributed by atoms with Gasteiger partial charge < -0.3 is 15.0 Å². The van der Waals surface area contributed by atoms with Crippen molar-refractivity contribution >= 4 is 0 Å². The van der Waals surface area contributed by atoms with E-state index in [4.69, 9.17) is 10.5 Å². The number of aromatic nitrogens is 2. The summed E-state index contributed by atoms with van der Waals surface area (Å²) >= 11 is 0. The van der Waals surface area contributed by atoms with Crippen LogP contribution in [0.3, 0.4) is 0 Å². The maximum atomic E-state index is 5.70. The van der Waals surface area contributed by atoms with Gasteiger partial charge in [-0.05, 0) is 19.4 Å². The number of hydrogen-bond acceptors (Lipinski definition) is 3. The molecule has 0 radical (unpaired) electrons. The molecule has 1 aromatic heterocycles. The van der Waals surface area contributed by atoms with Crippen LogP contribution in [0.1, 0.15) is 25.5 Å². The van der Waals surface area contributed by atoms with Gasteiger partial charge in [0, 0.05) is 37.4 Å². The van der Waals surface area contributed by atoms with Crippen LogP contribution >= 0.6 is 0 Å². The highest BCUT2D eigenvalue weighted by atomic mass is 16.5. The Labute approximate surface area is 96.8 Å². The molecule has 1 saturated heterocycles. The largest absolute Gasteiger partial charge is 0.378 e. The van der Waals surface area contributed by atoms with E-state index in [-0.39, 0.29) is 0 Å². The second-order valence-electron chi connectivity index (χ2n) is 4.44. The number of imidazole rings is 1. The molecule has 0 bridgehead atoms. The molecular weight excluding hydrogens is 202 g/mol. The molecule has 4 heteroatoms. The number of ether oxygens (including phenoxy) is 1. The summed E-state index contributed by atoms with van der Waals surface area (Å²) < 4.78 is 7.94. The molecule has 1 aliphatic rings. The van der Waals surface area contributed by atoms with Gasteiger partial charge in [0.15, 0.2) is 0 Å². The molecule has 16 heavy (non-hydrogen) atoms. The average molecular weight is 223 g/mol. The summed E-state index contributed by atoms with van der Waals surface area (Å²) in [4.78, 5) is 4.20. The third-order valence-electron chi connectivity index (χ3n) is 3.38. The molecule has 1 aromatic rings. The standard InChI is InChI=1S/C12H21N3O/c1-2-12-10(4-6-16-12)8-15-9-14-7-11(15)3-5-13/h7,9-10,12H,2-6,8,13H2,1H3. The molecular formula is C12H21N3O. The molecule has 0 spiro atoms. The molecule has 0 amide bonds. The highest BCUT2D eigenvalue weighted by molar-refractivity contribution is 4.99. The Kier molecular flexibility index (Phi) is 3.96. The Morgan fingerprint density at radius 1 is 1.62 bits per heavy atom. The second kappa shape index (κ2) is 5.46. The van der Waals surface area contributed by atoms with E-state index in [1.807, 2.05) is 12.5 Å². The fraction of sp³-hybridized carbons (Fsp3) is 0.750. The number of hydrogen-bond donors (Lipinski definition) is 1. The minimum absolute atomic E-state index is 0.424. The molecule has 2 atom stereocenters. The van der Waals surface area contributed by atoms with Crippen molar-refractivity contribution in [3.63, 3.8) is 0 Å². The van der Waals surface area contributed by atoms with Crippen molar-refractivity contribution in [3.8, 4) is 0 Å². The summed E-state index contributed by atoms with van der Waals surface area (Å²) in [5.74, 6) is 0.635. The molecule has 2 N–H and O–H groups in total. The lowest BCUT2D eigenvalue weighted by molar-refractivity contribution is 0.0833. The van der Waals surface area contributed by atoms with Gasteiger partial charge in [0.05, 0.1) is 12.4 Å². The van der Waals surface area contributed by atoms with E-state index in [2.05, 4.69) is 16.5 Å². The van der Waals surface area contributed by atoms with Crippen LogP contribution in [0.2, 0.25) is 0 Å². The Balaban J connectivity index is 1.99. The fourth-order valence-electron chi connectivity index (χ4n) is 2.47. The van der Waals surface area contributed by atoms with Crippen molar-refractivity contribution < 1.29 is 4.74 Å². The zero-order valence-electron chi connectivity index (χ0n) is 9.93. The van der Waals surface area contributed by atoms with Crippen molar-refractivity contribution in [2.75, 3.05) is 13.2 Å². The van der Waals surface area contributed by atoms with Gasteiger partial charge in [0.25, 0.3) is 0 Å². The van der Waals surface area contributed by atoms with Crippen LogP contribution in [0.5, 0.6) is 0 Å². The monoisotopic (exact) mass is 223 g/mol. The summed E-state index contributed by atoms with van der Waals surface area (Å²) in [5, 5.41) is 0. The summed E-state index contributed by atoms with van der Waals surface area (Å²) in [6, 6.07) is 0. The van der Waals surface area contributed by atoms with Gasteiger partial charge in [-0.3, -0.25) is 0 Å². The first-order chi connectivity index (χ1) is 7.85. The van der Waals surface area contributed by atoms with E-state index in [0.29, 0.717) is 18.6 Å². The molecule has 0 saturated carbocycles. The minimum Gasteiger partial charge on any atom is -0.378 e. The molecule has 0 aromatic carbocycles. The summed E-state index contributed by atoms with van der Waals surface area (Å²) in [7, 11) is 0. The van der Waals surface area contributed by atoms with Crippen molar-refractivity contribution in [1.29, 1.82) is 0 Å². The summed E-state index contributed by atoms with van der Waals surface area (Å²) in [5.41, 5.74) is 6.82. The normalized spacial score (nSPS) is 25.1. The van der Waals surface area contributed by atoms with Crippen molar-refractivity contribution in [2.45, 2.75) is 38.8 Å². The van der Waals surface area contributed by atoms with Gasteiger partial charge >= 0.3 is 0 Å². The van der Waals surface area contributed by atoms with Crippen molar-refractivity contribution in [1.82, 2.24) is 9.55 Å². The molecule has 0 aliphatic carbocycles. The van der Waals surface area contributed by atoms with E-state index < -0.39 is 0 Å². The summed E-state index contributed by atoms with van der Waals surface area (Å²) in [6.07, 6.45) is 7.43. The average Bonchev–Trinajstić information content (AvgIpc) is 2.89. The van der Waals surface area contributed by atoms with Crippen molar-refractivity contribution in [3.05, 3.63) is 18.2 Å². The van der Waals surface area contributed by atoms with Gasteiger partial charge in [-0.25, -0.2) is 4.98 Å². The molecule has 1 aliphatic heterocycles. The minimum atomic E-state index is 0.424. The van der Waals surface area contributed by atoms with Crippen LogP contribution in [0.25, 0.3) is 0 Å². The number of rotatable bonds is 5. The summed E-state index contributed by atoms with van der Waals surface area (Å²) in [6.45, 7) is 4.81. The first kappa shape index (κ1) is 11.6. The first-order valence-corrected chi connectivity index (χ1v) is 6.15. The Morgan fingerprint density at radius 3 is 3.25 bits per heavy atom. The maximum Gasteiger partial charge on any atom is 0.0948 e. The van der Waals surface area contributed by atoms with Crippen LogP contribution in [0.15, 0.2) is 12.5 Å². The lowest BCUT2D eigenvalue weighted by Gasteiger charge is -2.18. The Bertz CT molecular complexity index is 324. The second-order valence-corrected chi connectivity index (χ2v) is 4.44. The highest BCUT2D eigenvalue weighted by Gasteiger charge is 2.27. The highest BCUT2D eigenvalue weighted by Crippen LogP contribution is 2.25. The quantitative estimate of drug-likeness (QED) is 0.816. The lowest BCUT2D eigenvalue weighted by Crippen LogP contribution is -2.21. The van der Waals surface area contributed by atoms with E-state index in [1.54, 1.807) is 0 Å². The Morgan fingerprint density at radius 2 is 2.50 bits per heavy atom. The third kappa shape index (κ3) is 2.44. The molecule has 1 fully saturated rings. The molecule has 4 nitrogen and oxygen atoms in total. The smallest absolute Gasteiger partial charge is 0.0948 e. The van der Waals surface area contributed by atoms with Crippen LogP contribution in [-0.2, 0) is 17.7 Å². The molecule has 2 heterocycles. The topological polar surface area (TPSA) is 53.1 Å². The van der Waals surface area contributed by atoms with E-state index in [9.17, 15) is 0 Å². The van der Waals surface area contributed by atoms with Gasteiger partial charge in [-0.2, -0.15) is 0 Å². The first-order valence-electron chi connectivity index (χ1n) is 6.15. The maximum absolute atomic E-state index is 5.70. The zero-order chi connectivity index (χ0) is 11.4. The Hall–Kier alpha value is -0.870. The predicted molar refractivity (Wildman–Crippen MR) is 63.1 cm³/mol. The van der Waals surface area contributed by atoms with Crippen molar-refractivity contribution in [2.24, 2.45) is 11.7 Å². The number of nitrogens with zero attached hydrogens (tertiary/aromatic N) is 2. The van der Waals surface area contributed by atoms with Crippen LogP contribution < -0.4 is 5.73 Å². The van der Waals surface area contributed by atoms with E-state index in [0.717, 1.165) is 26.0 Å². The van der Waals surface area contributed by atoms with Gasteiger partial charge in [0.2, 0.25) is 0 Å². The predicted octanol–water partition coefficient (Wildman–Crippen LogP) is 1.20. The molecule has 2 rings (SSSR count). The van der Waals surface area contributed by atoms with Gasteiger partial charge in [0.1, 0.15) is 0 Å². The third-order valence-corrected chi connectivity index (χ3v) is 3.38. The van der Waals surface area contributed by atoms with E-state index >= 15 is 0 Å². The SMILES string of the molecule is CCC1OCCC1Cn1cncc1CCN. The zero-order valence-corrected chi connectivity index (χ0v) is 9.93. The van der Waals surface area contributed by atoms with E-state index in [1.165, 1.54) is 12.1 Å². The van der Waals surface area contributed by atoms with Crippen LogP contribution in [-0.4, -0.2) is 28.8 Å². The molecule has 2 unspecified atom stereocenters. The van der Waals surface area contributed by atoms with Gasteiger partial charge in [-0.1, -0.05) is 6.92 Å². The molecule has 90 valence electrons.